The molecule has 1 rings (SSSR count). The van der Waals surface area contributed by atoms with Crippen LogP contribution in [0.5, 0.6) is 0 Å². The number of anilines is 1. The van der Waals surface area contributed by atoms with Crippen LogP contribution >= 0.6 is 11.6 Å². The van der Waals surface area contributed by atoms with Crippen molar-refractivity contribution < 1.29 is 0 Å². The van der Waals surface area contributed by atoms with Crippen molar-refractivity contribution in [2.24, 2.45) is 0 Å². The smallest absolute Gasteiger partial charge is 0.137 e. The largest absolute Gasteiger partial charge is 0.366 e. The second kappa shape index (κ2) is 5.85. The van der Waals surface area contributed by atoms with Crippen molar-refractivity contribution in [2.75, 3.05) is 11.9 Å². The van der Waals surface area contributed by atoms with Crippen LogP contribution in [0.4, 0.5) is 5.82 Å². The SMILES string of the molecule is CCc1nc(Cl)c(C)c(NCC=C(C)C)n1. The van der Waals surface area contributed by atoms with Gasteiger partial charge < -0.3 is 5.32 Å². The summed E-state index contributed by atoms with van der Waals surface area (Å²) in [5.41, 5.74) is 2.18. The van der Waals surface area contributed by atoms with E-state index in [1.165, 1.54) is 5.57 Å². The number of hydrogen-bond acceptors (Lipinski definition) is 3. The maximum absolute atomic E-state index is 6.03. The lowest BCUT2D eigenvalue weighted by Gasteiger charge is -2.09. The summed E-state index contributed by atoms with van der Waals surface area (Å²) < 4.78 is 0. The van der Waals surface area contributed by atoms with E-state index in [4.69, 9.17) is 11.6 Å². The van der Waals surface area contributed by atoms with Crippen molar-refractivity contribution in [2.45, 2.75) is 34.1 Å². The van der Waals surface area contributed by atoms with Gasteiger partial charge in [-0.15, -0.1) is 0 Å². The zero-order chi connectivity index (χ0) is 12.1. The molecule has 0 unspecified atom stereocenters. The number of rotatable bonds is 4. The minimum atomic E-state index is 0.534. The van der Waals surface area contributed by atoms with E-state index < -0.39 is 0 Å². The third-order valence-corrected chi connectivity index (χ3v) is 2.60. The van der Waals surface area contributed by atoms with Gasteiger partial charge in [-0.25, -0.2) is 9.97 Å². The Labute approximate surface area is 102 Å². The van der Waals surface area contributed by atoms with Crippen LogP contribution in [-0.2, 0) is 6.42 Å². The quantitative estimate of drug-likeness (QED) is 0.647. The van der Waals surface area contributed by atoms with Gasteiger partial charge in [-0.2, -0.15) is 0 Å². The Morgan fingerprint density at radius 2 is 2.06 bits per heavy atom. The van der Waals surface area contributed by atoms with Gasteiger partial charge >= 0.3 is 0 Å². The second-order valence-electron chi connectivity index (χ2n) is 3.92. The number of hydrogen-bond donors (Lipinski definition) is 1. The molecule has 0 saturated carbocycles. The minimum Gasteiger partial charge on any atom is -0.366 e. The second-order valence-corrected chi connectivity index (χ2v) is 4.28. The fourth-order valence-electron chi connectivity index (χ4n) is 1.21. The van der Waals surface area contributed by atoms with Crippen molar-refractivity contribution in [1.82, 2.24) is 9.97 Å². The van der Waals surface area contributed by atoms with Crippen LogP contribution in [0.1, 0.15) is 32.2 Å². The van der Waals surface area contributed by atoms with Crippen LogP contribution in [0.15, 0.2) is 11.6 Å². The average Bonchev–Trinajstić information content (AvgIpc) is 2.23. The monoisotopic (exact) mass is 239 g/mol. The average molecular weight is 240 g/mol. The van der Waals surface area contributed by atoms with Crippen LogP contribution in [0.3, 0.4) is 0 Å². The molecule has 0 bridgehead atoms. The molecule has 3 nitrogen and oxygen atoms in total. The molecule has 0 aromatic carbocycles. The predicted molar refractivity (Wildman–Crippen MR) is 69.1 cm³/mol. The van der Waals surface area contributed by atoms with Crippen LogP contribution < -0.4 is 5.32 Å². The first-order valence-electron chi connectivity index (χ1n) is 5.44. The van der Waals surface area contributed by atoms with Gasteiger partial charge in [-0.3, -0.25) is 0 Å². The molecule has 0 fully saturated rings. The lowest BCUT2D eigenvalue weighted by molar-refractivity contribution is 0.929. The summed E-state index contributed by atoms with van der Waals surface area (Å²) in [6.07, 6.45) is 2.90. The standard InChI is InChI=1S/C12H18ClN3/c1-5-10-15-11(13)9(4)12(16-10)14-7-6-8(2)3/h6H,5,7H2,1-4H3,(H,14,15,16). The highest BCUT2D eigenvalue weighted by atomic mass is 35.5. The predicted octanol–water partition coefficient (Wildman–Crippen LogP) is 3.38. The molecule has 0 aliphatic heterocycles. The van der Waals surface area contributed by atoms with Crippen molar-refractivity contribution in [3.8, 4) is 0 Å². The summed E-state index contributed by atoms with van der Waals surface area (Å²) in [6.45, 7) is 8.84. The fourth-order valence-corrected chi connectivity index (χ4v) is 1.40. The molecule has 88 valence electrons. The minimum absolute atomic E-state index is 0.534. The van der Waals surface area contributed by atoms with E-state index in [0.29, 0.717) is 5.15 Å². The van der Waals surface area contributed by atoms with Gasteiger partial charge in [-0.1, -0.05) is 30.2 Å². The first kappa shape index (κ1) is 13.0. The first-order valence-corrected chi connectivity index (χ1v) is 5.82. The molecule has 1 N–H and O–H groups in total. The van der Waals surface area contributed by atoms with Crippen LogP contribution in [0.2, 0.25) is 5.15 Å². The van der Waals surface area contributed by atoms with Gasteiger partial charge in [0.25, 0.3) is 0 Å². The highest BCUT2D eigenvalue weighted by molar-refractivity contribution is 6.30. The topological polar surface area (TPSA) is 37.8 Å². The maximum Gasteiger partial charge on any atom is 0.137 e. The molecule has 0 aliphatic rings. The molecule has 0 saturated heterocycles. The summed E-state index contributed by atoms with van der Waals surface area (Å²) in [4.78, 5) is 8.61. The van der Waals surface area contributed by atoms with E-state index >= 15 is 0 Å². The molecule has 1 aromatic heterocycles. The van der Waals surface area contributed by atoms with E-state index in [0.717, 1.165) is 30.2 Å². The molecule has 1 heterocycles. The van der Waals surface area contributed by atoms with E-state index in [1.54, 1.807) is 0 Å². The van der Waals surface area contributed by atoms with Gasteiger partial charge in [0.2, 0.25) is 0 Å². The number of nitrogens with zero attached hydrogens (tertiary/aromatic N) is 2. The summed E-state index contributed by atoms with van der Waals surface area (Å²) in [5.74, 6) is 1.60. The zero-order valence-electron chi connectivity index (χ0n) is 10.3. The Bertz CT molecular complexity index is 395. The lowest BCUT2D eigenvalue weighted by Crippen LogP contribution is -2.07. The number of aryl methyl sites for hydroxylation is 1. The Morgan fingerprint density at radius 3 is 2.62 bits per heavy atom. The molecule has 0 aliphatic carbocycles. The van der Waals surface area contributed by atoms with Gasteiger partial charge in [0.1, 0.15) is 16.8 Å². The fraction of sp³-hybridized carbons (Fsp3) is 0.500. The number of halogens is 1. The molecule has 0 spiro atoms. The highest BCUT2D eigenvalue weighted by Crippen LogP contribution is 2.19. The van der Waals surface area contributed by atoms with Crippen LogP contribution in [0, 0.1) is 6.92 Å². The summed E-state index contributed by atoms with van der Waals surface area (Å²) in [5, 5.41) is 3.78. The molecule has 0 atom stereocenters. The Balaban J connectivity index is 2.86. The van der Waals surface area contributed by atoms with Crippen LogP contribution in [0.25, 0.3) is 0 Å². The summed E-state index contributed by atoms with van der Waals surface area (Å²) in [7, 11) is 0. The number of allylic oxidation sites excluding steroid dienone is 1. The normalized spacial score (nSPS) is 10.1. The molecular weight excluding hydrogens is 222 g/mol. The van der Waals surface area contributed by atoms with E-state index in [-0.39, 0.29) is 0 Å². The van der Waals surface area contributed by atoms with E-state index in [2.05, 4.69) is 35.2 Å². The third kappa shape index (κ3) is 3.49. The van der Waals surface area contributed by atoms with Crippen LogP contribution in [-0.4, -0.2) is 16.5 Å². The maximum atomic E-state index is 6.03. The lowest BCUT2D eigenvalue weighted by atomic mass is 10.3. The van der Waals surface area contributed by atoms with Gasteiger partial charge in [-0.05, 0) is 20.8 Å². The van der Waals surface area contributed by atoms with Crippen molar-refractivity contribution in [1.29, 1.82) is 0 Å². The number of nitrogens with one attached hydrogen (secondary N) is 1. The Kier molecular flexibility index (Phi) is 4.74. The number of aromatic nitrogens is 2. The van der Waals surface area contributed by atoms with Crippen molar-refractivity contribution >= 4 is 17.4 Å². The van der Waals surface area contributed by atoms with Crippen molar-refractivity contribution in [3.05, 3.63) is 28.2 Å². The van der Waals surface area contributed by atoms with Crippen molar-refractivity contribution in [3.63, 3.8) is 0 Å². The summed E-state index contributed by atoms with van der Waals surface area (Å²) in [6, 6.07) is 0. The molecular formula is C12H18ClN3. The Hall–Kier alpha value is -1.09. The molecule has 16 heavy (non-hydrogen) atoms. The molecule has 0 radical (unpaired) electrons. The van der Waals surface area contributed by atoms with E-state index in [9.17, 15) is 0 Å². The zero-order valence-corrected chi connectivity index (χ0v) is 11.0. The molecule has 4 heteroatoms. The highest BCUT2D eigenvalue weighted by Gasteiger charge is 2.07. The third-order valence-electron chi connectivity index (χ3n) is 2.23. The van der Waals surface area contributed by atoms with E-state index in [1.807, 2.05) is 13.8 Å². The Morgan fingerprint density at radius 1 is 1.38 bits per heavy atom. The van der Waals surface area contributed by atoms with Gasteiger partial charge in [0, 0.05) is 18.5 Å². The summed E-state index contributed by atoms with van der Waals surface area (Å²) >= 11 is 6.03. The van der Waals surface area contributed by atoms with Gasteiger partial charge in [0.05, 0.1) is 0 Å². The van der Waals surface area contributed by atoms with Gasteiger partial charge in [0.15, 0.2) is 0 Å². The molecule has 1 aromatic rings. The molecule has 0 amide bonds. The first-order chi connectivity index (χ1) is 7.54.